The lowest BCUT2D eigenvalue weighted by Crippen LogP contribution is -2.26. The van der Waals surface area contributed by atoms with Crippen LogP contribution in [0.3, 0.4) is 0 Å². The largest absolute Gasteiger partial charge is 0.469 e. The van der Waals surface area contributed by atoms with Crippen LogP contribution < -0.4 is 5.32 Å². The summed E-state index contributed by atoms with van der Waals surface area (Å²) in [4.78, 5) is 12.0. The summed E-state index contributed by atoms with van der Waals surface area (Å²) in [6, 6.07) is 7.62. The molecule has 2 rings (SSSR count). The summed E-state index contributed by atoms with van der Waals surface area (Å²) in [5.74, 6) is 0.569. The maximum absolute atomic E-state index is 12.0. The SMILES string of the molecule is Cc1coc(C)c1C(=O)NCCc1ccc(Cl)cc1. The van der Waals surface area contributed by atoms with Gasteiger partial charge in [0.2, 0.25) is 0 Å². The minimum Gasteiger partial charge on any atom is -0.469 e. The number of hydrogen-bond donors (Lipinski definition) is 1. The van der Waals surface area contributed by atoms with Gasteiger partial charge in [0.15, 0.2) is 0 Å². The van der Waals surface area contributed by atoms with Gasteiger partial charge in [-0.1, -0.05) is 23.7 Å². The molecule has 0 saturated heterocycles. The lowest BCUT2D eigenvalue weighted by atomic mass is 10.1. The Morgan fingerprint density at radius 2 is 1.95 bits per heavy atom. The van der Waals surface area contributed by atoms with Crippen molar-refractivity contribution in [3.8, 4) is 0 Å². The number of amides is 1. The monoisotopic (exact) mass is 277 g/mol. The number of carbonyl (C=O) groups is 1. The molecule has 19 heavy (non-hydrogen) atoms. The van der Waals surface area contributed by atoms with E-state index in [4.69, 9.17) is 16.0 Å². The average molecular weight is 278 g/mol. The molecule has 100 valence electrons. The van der Waals surface area contributed by atoms with Gasteiger partial charge in [-0.25, -0.2) is 0 Å². The minimum absolute atomic E-state index is 0.0855. The Hall–Kier alpha value is -1.74. The number of aryl methyl sites for hydroxylation is 2. The van der Waals surface area contributed by atoms with Gasteiger partial charge in [0, 0.05) is 17.1 Å². The molecule has 1 aromatic heterocycles. The van der Waals surface area contributed by atoms with Gasteiger partial charge in [-0.05, 0) is 38.0 Å². The second-order valence-electron chi connectivity index (χ2n) is 4.48. The van der Waals surface area contributed by atoms with Crippen molar-refractivity contribution in [1.29, 1.82) is 0 Å². The molecule has 0 fully saturated rings. The van der Waals surface area contributed by atoms with Gasteiger partial charge in [-0.2, -0.15) is 0 Å². The maximum Gasteiger partial charge on any atom is 0.255 e. The van der Waals surface area contributed by atoms with Crippen LogP contribution in [0.4, 0.5) is 0 Å². The van der Waals surface area contributed by atoms with Gasteiger partial charge in [0.25, 0.3) is 5.91 Å². The zero-order valence-corrected chi connectivity index (χ0v) is 11.8. The van der Waals surface area contributed by atoms with Gasteiger partial charge in [-0.15, -0.1) is 0 Å². The number of furan rings is 1. The highest BCUT2D eigenvalue weighted by molar-refractivity contribution is 6.30. The van der Waals surface area contributed by atoms with E-state index in [0.717, 1.165) is 22.6 Å². The van der Waals surface area contributed by atoms with Crippen molar-refractivity contribution >= 4 is 17.5 Å². The first kappa shape index (κ1) is 13.7. The fourth-order valence-corrected chi connectivity index (χ4v) is 2.10. The molecule has 1 heterocycles. The lowest BCUT2D eigenvalue weighted by Gasteiger charge is -2.05. The smallest absolute Gasteiger partial charge is 0.255 e. The highest BCUT2D eigenvalue weighted by Gasteiger charge is 2.14. The molecule has 0 aliphatic heterocycles. The van der Waals surface area contributed by atoms with E-state index in [1.165, 1.54) is 0 Å². The third kappa shape index (κ3) is 3.38. The van der Waals surface area contributed by atoms with Gasteiger partial charge < -0.3 is 9.73 Å². The first-order valence-corrected chi connectivity index (χ1v) is 6.53. The van der Waals surface area contributed by atoms with E-state index in [1.54, 1.807) is 13.2 Å². The third-order valence-corrected chi connectivity index (χ3v) is 3.25. The molecule has 4 heteroatoms. The molecule has 1 aromatic carbocycles. The van der Waals surface area contributed by atoms with Gasteiger partial charge in [0.05, 0.1) is 11.8 Å². The number of carbonyl (C=O) groups excluding carboxylic acids is 1. The van der Waals surface area contributed by atoms with Crippen LogP contribution in [0, 0.1) is 13.8 Å². The fourth-order valence-electron chi connectivity index (χ4n) is 1.97. The molecule has 3 nitrogen and oxygen atoms in total. The van der Waals surface area contributed by atoms with Crippen LogP contribution in [0.1, 0.15) is 27.2 Å². The predicted octanol–water partition coefficient (Wildman–Crippen LogP) is 3.52. The van der Waals surface area contributed by atoms with Gasteiger partial charge >= 0.3 is 0 Å². The molecule has 0 aliphatic carbocycles. The van der Waals surface area contributed by atoms with Crippen molar-refractivity contribution in [2.75, 3.05) is 6.54 Å². The zero-order valence-electron chi connectivity index (χ0n) is 11.0. The molecular weight excluding hydrogens is 262 g/mol. The fraction of sp³-hybridized carbons (Fsp3) is 0.267. The molecule has 0 unspecified atom stereocenters. The molecule has 0 spiro atoms. The van der Waals surface area contributed by atoms with Crippen LogP contribution in [0.5, 0.6) is 0 Å². The highest BCUT2D eigenvalue weighted by atomic mass is 35.5. The second-order valence-corrected chi connectivity index (χ2v) is 4.92. The van der Waals surface area contributed by atoms with Crippen LogP contribution >= 0.6 is 11.6 Å². The summed E-state index contributed by atoms with van der Waals surface area (Å²) in [5.41, 5.74) is 2.64. The maximum atomic E-state index is 12.0. The Bertz CT molecular complexity index is 553. The summed E-state index contributed by atoms with van der Waals surface area (Å²) >= 11 is 5.82. The molecule has 1 amide bonds. The van der Waals surface area contributed by atoms with Crippen molar-refractivity contribution in [1.82, 2.24) is 5.32 Å². The molecule has 0 radical (unpaired) electrons. The summed E-state index contributed by atoms with van der Waals surface area (Å²) < 4.78 is 5.22. The Balaban J connectivity index is 1.89. The Kier molecular flexibility index (Phi) is 4.27. The molecule has 0 atom stereocenters. The van der Waals surface area contributed by atoms with Crippen molar-refractivity contribution < 1.29 is 9.21 Å². The average Bonchev–Trinajstić information content (AvgIpc) is 2.71. The molecule has 1 N–H and O–H groups in total. The first-order chi connectivity index (χ1) is 9.08. The topological polar surface area (TPSA) is 42.2 Å². The van der Waals surface area contributed by atoms with Crippen LogP contribution in [0.2, 0.25) is 5.02 Å². The van der Waals surface area contributed by atoms with E-state index in [-0.39, 0.29) is 5.91 Å². The van der Waals surface area contributed by atoms with Crippen molar-refractivity contribution in [3.63, 3.8) is 0 Å². The summed E-state index contributed by atoms with van der Waals surface area (Å²) in [6.45, 7) is 4.25. The van der Waals surface area contributed by atoms with Crippen LogP contribution in [0.15, 0.2) is 34.9 Å². The molecule has 0 bridgehead atoms. The van der Waals surface area contributed by atoms with Crippen molar-refractivity contribution in [2.24, 2.45) is 0 Å². The molecular formula is C15H16ClNO2. The normalized spacial score (nSPS) is 10.5. The number of halogens is 1. The molecule has 2 aromatic rings. The van der Waals surface area contributed by atoms with E-state index in [9.17, 15) is 4.79 Å². The number of nitrogens with one attached hydrogen (secondary N) is 1. The Morgan fingerprint density at radius 3 is 2.53 bits per heavy atom. The van der Waals surface area contributed by atoms with Gasteiger partial charge in [-0.3, -0.25) is 4.79 Å². The van der Waals surface area contributed by atoms with E-state index >= 15 is 0 Å². The predicted molar refractivity (Wildman–Crippen MR) is 75.7 cm³/mol. The molecule has 0 saturated carbocycles. The summed E-state index contributed by atoms with van der Waals surface area (Å²) in [7, 11) is 0. The second kappa shape index (κ2) is 5.93. The minimum atomic E-state index is -0.0855. The summed E-state index contributed by atoms with van der Waals surface area (Å²) in [5, 5.41) is 3.62. The van der Waals surface area contributed by atoms with Crippen molar-refractivity contribution in [3.05, 3.63) is 58.0 Å². The Morgan fingerprint density at radius 1 is 1.26 bits per heavy atom. The third-order valence-electron chi connectivity index (χ3n) is 3.00. The van der Waals surface area contributed by atoms with Crippen LogP contribution in [0.25, 0.3) is 0 Å². The van der Waals surface area contributed by atoms with Crippen LogP contribution in [-0.2, 0) is 6.42 Å². The van der Waals surface area contributed by atoms with Crippen molar-refractivity contribution in [2.45, 2.75) is 20.3 Å². The number of rotatable bonds is 4. The summed E-state index contributed by atoms with van der Waals surface area (Å²) in [6.07, 6.45) is 2.38. The van der Waals surface area contributed by atoms with Crippen LogP contribution in [-0.4, -0.2) is 12.5 Å². The molecule has 0 aliphatic rings. The first-order valence-electron chi connectivity index (χ1n) is 6.15. The van der Waals surface area contributed by atoms with E-state index in [0.29, 0.717) is 17.9 Å². The zero-order chi connectivity index (χ0) is 13.8. The van der Waals surface area contributed by atoms with Gasteiger partial charge in [0.1, 0.15) is 5.76 Å². The number of benzene rings is 1. The standard InChI is InChI=1S/C15H16ClNO2/c1-10-9-19-11(2)14(10)15(18)17-8-7-12-3-5-13(16)6-4-12/h3-6,9H,7-8H2,1-2H3,(H,17,18). The Labute approximate surface area is 117 Å². The van der Waals surface area contributed by atoms with E-state index in [2.05, 4.69) is 5.32 Å². The highest BCUT2D eigenvalue weighted by Crippen LogP contribution is 2.15. The quantitative estimate of drug-likeness (QED) is 0.929. The number of hydrogen-bond acceptors (Lipinski definition) is 2. The van der Waals surface area contributed by atoms with E-state index in [1.807, 2.05) is 31.2 Å². The lowest BCUT2D eigenvalue weighted by molar-refractivity contribution is 0.0952. The van der Waals surface area contributed by atoms with E-state index < -0.39 is 0 Å².